The van der Waals surface area contributed by atoms with Crippen molar-refractivity contribution in [1.82, 2.24) is 5.32 Å². The average Bonchev–Trinajstić information content (AvgIpc) is 3.20. The number of ether oxygens (including phenoxy) is 2. The predicted molar refractivity (Wildman–Crippen MR) is 73.3 cm³/mol. The number of benzene rings is 1. The van der Waals surface area contributed by atoms with Gasteiger partial charge in [-0.1, -0.05) is 6.07 Å². The van der Waals surface area contributed by atoms with Crippen molar-refractivity contribution >= 4 is 0 Å². The van der Waals surface area contributed by atoms with Gasteiger partial charge in [0.25, 0.3) is 0 Å². The van der Waals surface area contributed by atoms with E-state index in [-0.39, 0.29) is 12.4 Å². The van der Waals surface area contributed by atoms with Crippen LogP contribution in [0, 0.1) is 0 Å². The van der Waals surface area contributed by atoms with E-state index >= 15 is 0 Å². The molecule has 1 N–H and O–H groups in total. The molecule has 0 saturated heterocycles. The molecular formula is C15H20F3NO2. The molecule has 0 amide bonds. The zero-order valence-electron chi connectivity index (χ0n) is 12.2. The Bertz CT molecular complexity index is 472. The van der Waals surface area contributed by atoms with Gasteiger partial charge in [0.1, 0.15) is 11.9 Å². The van der Waals surface area contributed by atoms with E-state index in [1.54, 1.807) is 13.0 Å². The molecule has 1 aromatic carbocycles. The van der Waals surface area contributed by atoms with Crippen molar-refractivity contribution in [3.05, 3.63) is 29.3 Å². The topological polar surface area (TPSA) is 30.5 Å². The summed E-state index contributed by atoms with van der Waals surface area (Å²) in [5, 5.41) is 3.20. The highest BCUT2D eigenvalue weighted by molar-refractivity contribution is 5.39. The predicted octanol–water partition coefficient (Wildman–Crippen LogP) is 3.37. The fraction of sp³-hybridized carbons (Fsp3) is 0.600. The van der Waals surface area contributed by atoms with Crippen molar-refractivity contribution in [3.63, 3.8) is 0 Å². The number of alkyl halides is 3. The molecule has 0 aromatic heterocycles. The largest absolute Gasteiger partial charge is 0.488 e. The first-order chi connectivity index (χ1) is 9.90. The minimum Gasteiger partial charge on any atom is -0.488 e. The summed E-state index contributed by atoms with van der Waals surface area (Å²) in [6, 6.07) is 4.67. The molecule has 1 atom stereocenters. The van der Waals surface area contributed by atoms with Crippen LogP contribution in [0.2, 0.25) is 0 Å². The minimum absolute atomic E-state index is 0.151. The molecule has 118 valence electrons. The molecule has 1 aliphatic rings. The van der Waals surface area contributed by atoms with Gasteiger partial charge in [-0.2, -0.15) is 13.2 Å². The Kier molecular flexibility index (Phi) is 5.11. The maximum absolute atomic E-state index is 13.1. The second-order valence-corrected chi connectivity index (χ2v) is 5.37. The van der Waals surface area contributed by atoms with Crippen LogP contribution in [0.4, 0.5) is 13.2 Å². The van der Waals surface area contributed by atoms with E-state index in [4.69, 9.17) is 9.47 Å². The molecule has 0 bridgehead atoms. The molecule has 3 nitrogen and oxygen atoms in total. The van der Waals surface area contributed by atoms with E-state index in [9.17, 15) is 13.2 Å². The van der Waals surface area contributed by atoms with Gasteiger partial charge in [-0.15, -0.1) is 0 Å². The van der Waals surface area contributed by atoms with Crippen LogP contribution in [0.25, 0.3) is 0 Å². The van der Waals surface area contributed by atoms with Gasteiger partial charge in [0.05, 0.1) is 12.2 Å². The number of rotatable bonds is 7. The number of halogens is 3. The van der Waals surface area contributed by atoms with Crippen LogP contribution < -0.4 is 10.1 Å². The van der Waals surface area contributed by atoms with Crippen LogP contribution in [0.15, 0.2) is 18.2 Å². The SMILES string of the molecule is COCC(C)Oc1ccc(CNC2CC2)cc1C(F)(F)F. The lowest BCUT2D eigenvalue weighted by Gasteiger charge is -2.19. The second kappa shape index (κ2) is 6.66. The molecular weight excluding hydrogens is 283 g/mol. The summed E-state index contributed by atoms with van der Waals surface area (Å²) >= 11 is 0. The molecule has 1 saturated carbocycles. The van der Waals surface area contributed by atoms with Crippen molar-refractivity contribution < 1.29 is 22.6 Å². The normalized spacial score (nSPS) is 16.8. The van der Waals surface area contributed by atoms with Gasteiger partial charge in [0.15, 0.2) is 0 Å². The Hall–Kier alpha value is -1.27. The summed E-state index contributed by atoms with van der Waals surface area (Å²) in [6.45, 7) is 2.36. The van der Waals surface area contributed by atoms with Crippen LogP contribution in [-0.4, -0.2) is 25.9 Å². The fourth-order valence-electron chi connectivity index (χ4n) is 2.05. The van der Waals surface area contributed by atoms with Gasteiger partial charge in [-0.3, -0.25) is 0 Å². The highest BCUT2D eigenvalue weighted by Gasteiger charge is 2.35. The van der Waals surface area contributed by atoms with E-state index < -0.39 is 17.8 Å². The van der Waals surface area contributed by atoms with E-state index in [0.717, 1.165) is 18.9 Å². The van der Waals surface area contributed by atoms with Gasteiger partial charge < -0.3 is 14.8 Å². The smallest absolute Gasteiger partial charge is 0.419 e. The number of nitrogens with one attached hydrogen (secondary N) is 1. The van der Waals surface area contributed by atoms with Gasteiger partial charge in [-0.25, -0.2) is 0 Å². The third-order valence-corrected chi connectivity index (χ3v) is 3.25. The van der Waals surface area contributed by atoms with Gasteiger partial charge in [0.2, 0.25) is 0 Å². The molecule has 1 aliphatic carbocycles. The summed E-state index contributed by atoms with van der Waals surface area (Å²) < 4.78 is 49.7. The quantitative estimate of drug-likeness (QED) is 0.838. The van der Waals surface area contributed by atoms with E-state index in [1.165, 1.54) is 13.2 Å². The fourth-order valence-corrected chi connectivity index (χ4v) is 2.05. The lowest BCUT2D eigenvalue weighted by atomic mass is 10.1. The highest BCUT2D eigenvalue weighted by Crippen LogP contribution is 2.37. The highest BCUT2D eigenvalue weighted by atomic mass is 19.4. The maximum Gasteiger partial charge on any atom is 0.419 e. The summed E-state index contributed by atoms with van der Waals surface area (Å²) in [5.74, 6) is -0.151. The Morgan fingerprint density at radius 3 is 2.62 bits per heavy atom. The van der Waals surface area contributed by atoms with E-state index in [0.29, 0.717) is 18.2 Å². The average molecular weight is 303 g/mol. The lowest BCUT2D eigenvalue weighted by Crippen LogP contribution is -2.21. The molecule has 6 heteroatoms. The van der Waals surface area contributed by atoms with Gasteiger partial charge in [-0.05, 0) is 37.5 Å². The zero-order valence-corrected chi connectivity index (χ0v) is 12.2. The van der Waals surface area contributed by atoms with Crippen molar-refractivity contribution in [2.45, 2.75) is 44.6 Å². The Labute approximate surface area is 122 Å². The van der Waals surface area contributed by atoms with Crippen LogP contribution in [0.3, 0.4) is 0 Å². The Morgan fingerprint density at radius 1 is 1.33 bits per heavy atom. The first kappa shape index (κ1) is 16.1. The van der Waals surface area contributed by atoms with Gasteiger partial charge >= 0.3 is 6.18 Å². The molecule has 1 aromatic rings. The van der Waals surface area contributed by atoms with Gasteiger partial charge in [0, 0.05) is 19.7 Å². The molecule has 2 rings (SSSR count). The number of hydrogen-bond acceptors (Lipinski definition) is 3. The van der Waals surface area contributed by atoms with Crippen LogP contribution in [-0.2, 0) is 17.5 Å². The van der Waals surface area contributed by atoms with E-state index in [1.807, 2.05) is 0 Å². The first-order valence-corrected chi connectivity index (χ1v) is 6.99. The van der Waals surface area contributed by atoms with Crippen molar-refractivity contribution in [2.24, 2.45) is 0 Å². The van der Waals surface area contributed by atoms with Crippen LogP contribution in [0.1, 0.15) is 30.9 Å². The lowest BCUT2D eigenvalue weighted by molar-refractivity contribution is -0.139. The molecule has 1 fully saturated rings. The molecule has 21 heavy (non-hydrogen) atoms. The summed E-state index contributed by atoms with van der Waals surface area (Å²) in [7, 11) is 1.48. The zero-order chi connectivity index (χ0) is 15.5. The standard InChI is InChI=1S/C15H20F3NO2/c1-10(9-20-2)21-14-6-3-11(8-19-12-4-5-12)7-13(14)15(16,17)18/h3,6-7,10,12,19H,4-5,8-9H2,1-2H3. The summed E-state index contributed by atoms with van der Waals surface area (Å²) in [6.07, 6.45) is -2.67. The first-order valence-electron chi connectivity index (χ1n) is 6.99. The molecule has 1 unspecified atom stereocenters. The van der Waals surface area contributed by atoms with Crippen LogP contribution >= 0.6 is 0 Å². The monoisotopic (exact) mass is 303 g/mol. The number of hydrogen-bond donors (Lipinski definition) is 1. The second-order valence-electron chi connectivity index (χ2n) is 5.37. The third-order valence-electron chi connectivity index (χ3n) is 3.25. The summed E-state index contributed by atoms with van der Waals surface area (Å²) in [5.41, 5.74) is -0.124. The molecule has 0 radical (unpaired) electrons. The summed E-state index contributed by atoms with van der Waals surface area (Å²) in [4.78, 5) is 0. The Morgan fingerprint density at radius 2 is 2.05 bits per heavy atom. The Balaban J connectivity index is 2.14. The molecule has 0 spiro atoms. The van der Waals surface area contributed by atoms with Crippen molar-refractivity contribution in [1.29, 1.82) is 0 Å². The molecule has 0 heterocycles. The third kappa shape index (κ3) is 4.89. The van der Waals surface area contributed by atoms with Crippen molar-refractivity contribution in [2.75, 3.05) is 13.7 Å². The maximum atomic E-state index is 13.1. The number of methoxy groups -OCH3 is 1. The van der Waals surface area contributed by atoms with E-state index in [2.05, 4.69) is 5.32 Å². The molecule has 0 aliphatic heterocycles. The van der Waals surface area contributed by atoms with Crippen LogP contribution in [0.5, 0.6) is 5.75 Å². The van der Waals surface area contributed by atoms with Crippen molar-refractivity contribution in [3.8, 4) is 5.75 Å². The minimum atomic E-state index is -4.43.